The highest BCUT2D eigenvalue weighted by Crippen LogP contribution is 2.49. The van der Waals surface area contributed by atoms with Gasteiger partial charge in [0.1, 0.15) is 0 Å². The van der Waals surface area contributed by atoms with Crippen molar-refractivity contribution in [1.29, 1.82) is 0 Å². The van der Waals surface area contributed by atoms with Crippen LogP contribution in [-0.4, -0.2) is 23.9 Å². The number of amides is 1. The third-order valence-electron chi connectivity index (χ3n) is 6.17. The number of likely N-dealkylation sites (tertiary alicyclic amines) is 1. The molecule has 3 nitrogen and oxygen atoms in total. The van der Waals surface area contributed by atoms with Crippen molar-refractivity contribution in [3.05, 3.63) is 29.8 Å². The fourth-order valence-corrected chi connectivity index (χ4v) is 4.97. The van der Waals surface area contributed by atoms with Gasteiger partial charge in [0, 0.05) is 18.7 Å². The molecular weight excluding hydrogens is 284 g/mol. The summed E-state index contributed by atoms with van der Waals surface area (Å²) in [5.41, 5.74) is 2.29. The smallest absolute Gasteiger partial charge is 0.224 e. The topological polar surface area (TPSA) is 32.3 Å². The van der Waals surface area contributed by atoms with Crippen molar-refractivity contribution >= 4 is 11.6 Å². The molecule has 1 N–H and O–H groups in total. The maximum atomic E-state index is 12.3. The highest BCUT2D eigenvalue weighted by Gasteiger charge is 2.40. The number of nitrogens with zero attached hydrogens (tertiary/aromatic N) is 1. The van der Waals surface area contributed by atoms with Gasteiger partial charge in [0.25, 0.3) is 0 Å². The lowest BCUT2D eigenvalue weighted by Crippen LogP contribution is -2.20. The zero-order chi connectivity index (χ0) is 15.6. The lowest BCUT2D eigenvalue weighted by atomic mass is 9.86. The van der Waals surface area contributed by atoms with Crippen LogP contribution in [0.2, 0.25) is 0 Å². The maximum Gasteiger partial charge on any atom is 0.224 e. The fraction of sp³-hybridized carbons (Fsp3) is 0.650. The summed E-state index contributed by atoms with van der Waals surface area (Å²) in [6.45, 7) is 3.49. The van der Waals surface area contributed by atoms with Gasteiger partial charge in [-0.2, -0.15) is 0 Å². The Bertz CT molecular complexity index is 547. The first-order valence-electron chi connectivity index (χ1n) is 9.37. The van der Waals surface area contributed by atoms with Gasteiger partial charge in [0.15, 0.2) is 0 Å². The summed E-state index contributed by atoms with van der Waals surface area (Å²) in [6.07, 6.45) is 8.80. The van der Waals surface area contributed by atoms with Crippen molar-refractivity contribution in [1.82, 2.24) is 4.90 Å². The number of carbonyl (C=O) groups is 1. The van der Waals surface area contributed by atoms with Crippen LogP contribution in [0.1, 0.15) is 50.5 Å². The molecule has 4 rings (SSSR count). The van der Waals surface area contributed by atoms with Gasteiger partial charge >= 0.3 is 0 Å². The van der Waals surface area contributed by atoms with E-state index in [4.69, 9.17) is 0 Å². The first-order valence-corrected chi connectivity index (χ1v) is 9.37. The molecule has 124 valence electrons. The normalized spacial score (nSPS) is 30.0. The minimum absolute atomic E-state index is 0.204. The van der Waals surface area contributed by atoms with Crippen molar-refractivity contribution in [2.45, 2.75) is 51.5 Å². The van der Waals surface area contributed by atoms with Crippen molar-refractivity contribution in [2.24, 2.45) is 17.8 Å². The van der Waals surface area contributed by atoms with Crippen LogP contribution in [0.3, 0.4) is 0 Å². The van der Waals surface area contributed by atoms with E-state index >= 15 is 0 Å². The van der Waals surface area contributed by atoms with Gasteiger partial charge in [-0.1, -0.05) is 18.6 Å². The quantitative estimate of drug-likeness (QED) is 0.889. The summed E-state index contributed by atoms with van der Waals surface area (Å²) in [6, 6.07) is 8.44. The Morgan fingerprint density at radius 3 is 2.52 bits per heavy atom. The van der Waals surface area contributed by atoms with Gasteiger partial charge < -0.3 is 5.32 Å². The molecule has 1 heterocycles. The number of nitrogens with one attached hydrogen (secondary N) is 1. The second-order valence-electron chi connectivity index (χ2n) is 7.87. The number of hydrogen-bond acceptors (Lipinski definition) is 2. The van der Waals surface area contributed by atoms with Crippen LogP contribution in [-0.2, 0) is 11.3 Å². The van der Waals surface area contributed by atoms with Crippen LogP contribution >= 0.6 is 0 Å². The number of benzene rings is 1. The van der Waals surface area contributed by atoms with Crippen LogP contribution in [0.25, 0.3) is 0 Å². The van der Waals surface area contributed by atoms with Crippen LogP contribution < -0.4 is 5.32 Å². The number of fused-ring (bicyclic) bond motifs is 2. The monoisotopic (exact) mass is 312 g/mol. The summed E-state index contributed by atoms with van der Waals surface area (Å²) < 4.78 is 0. The summed E-state index contributed by atoms with van der Waals surface area (Å²) in [4.78, 5) is 14.8. The SMILES string of the molecule is O=C(C[C@@H]1C[C@H]2CC[C@H]1C2)Nc1ccc(CN2CCCC2)cc1. The molecule has 3 heteroatoms. The van der Waals surface area contributed by atoms with Gasteiger partial charge in [-0.05, 0) is 80.6 Å². The van der Waals surface area contributed by atoms with Gasteiger partial charge in [-0.3, -0.25) is 9.69 Å². The highest BCUT2D eigenvalue weighted by molar-refractivity contribution is 5.90. The number of anilines is 1. The molecule has 23 heavy (non-hydrogen) atoms. The fourth-order valence-electron chi connectivity index (χ4n) is 4.97. The lowest BCUT2D eigenvalue weighted by molar-refractivity contribution is -0.117. The average Bonchev–Trinajstić information content (AvgIpc) is 3.27. The van der Waals surface area contributed by atoms with Crippen LogP contribution in [0.4, 0.5) is 5.69 Å². The molecule has 2 bridgehead atoms. The lowest BCUT2D eigenvalue weighted by Gasteiger charge is -2.21. The molecular formula is C20H28N2O. The molecule has 1 aromatic carbocycles. The van der Waals surface area contributed by atoms with Gasteiger partial charge in [0.05, 0.1) is 0 Å². The van der Waals surface area contributed by atoms with Crippen molar-refractivity contribution in [2.75, 3.05) is 18.4 Å². The molecule has 1 aromatic rings. The van der Waals surface area contributed by atoms with E-state index in [-0.39, 0.29) is 5.91 Å². The van der Waals surface area contributed by atoms with E-state index in [9.17, 15) is 4.79 Å². The average molecular weight is 312 g/mol. The molecule has 0 unspecified atom stereocenters. The molecule has 3 fully saturated rings. The standard InChI is InChI=1S/C20H28N2O/c23-20(13-18-12-16-3-6-17(18)11-16)21-19-7-4-15(5-8-19)14-22-9-1-2-10-22/h4-5,7-8,16-18H,1-3,6,9-14H2,(H,21,23)/t16-,17-,18-/m0/s1. The highest BCUT2D eigenvalue weighted by atomic mass is 16.1. The van der Waals surface area contributed by atoms with Crippen molar-refractivity contribution in [3.63, 3.8) is 0 Å². The van der Waals surface area contributed by atoms with E-state index in [1.807, 2.05) is 0 Å². The number of hydrogen-bond donors (Lipinski definition) is 1. The van der Waals surface area contributed by atoms with Crippen molar-refractivity contribution in [3.8, 4) is 0 Å². The predicted octanol–water partition coefficient (Wildman–Crippen LogP) is 4.05. The zero-order valence-electron chi connectivity index (χ0n) is 14.0. The zero-order valence-corrected chi connectivity index (χ0v) is 14.0. The van der Waals surface area contributed by atoms with E-state index in [0.717, 1.165) is 30.5 Å². The second kappa shape index (κ2) is 6.64. The van der Waals surface area contributed by atoms with E-state index in [1.54, 1.807) is 0 Å². The Morgan fingerprint density at radius 1 is 1.09 bits per heavy atom. The van der Waals surface area contributed by atoms with Crippen LogP contribution in [0, 0.1) is 17.8 Å². The third kappa shape index (κ3) is 3.60. The van der Waals surface area contributed by atoms with Crippen LogP contribution in [0.5, 0.6) is 0 Å². The number of rotatable bonds is 5. The van der Waals surface area contributed by atoms with E-state index in [1.165, 1.54) is 57.2 Å². The minimum atomic E-state index is 0.204. The summed E-state index contributed by atoms with van der Waals surface area (Å²) >= 11 is 0. The molecule has 0 spiro atoms. The third-order valence-corrected chi connectivity index (χ3v) is 6.17. The molecule has 2 aliphatic carbocycles. The van der Waals surface area contributed by atoms with Gasteiger partial charge in [-0.15, -0.1) is 0 Å². The first kappa shape index (κ1) is 15.2. The summed E-state index contributed by atoms with van der Waals surface area (Å²) in [7, 11) is 0. The molecule has 0 aromatic heterocycles. The first-order chi connectivity index (χ1) is 11.3. The van der Waals surface area contributed by atoms with Gasteiger partial charge in [0.2, 0.25) is 5.91 Å². The Kier molecular flexibility index (Phi) is 4.39. The van der Waals surface area contributed by atoms with Gasteiger partial charge in [-0.25, -0.2) is 0 Å². The molecule has 1 aliphatic heterocycles. The minimum Gasteiger partial charge on any atom is -0.326 e. The summed E-state index contributed by atoms with van der Waals surface area (Å²) in [5.74, 6) is 2.59. The van der Waals surface area contributed by atoms with Crippen molar-refractivity contribution < 1.29 is 4.79 Å². The Labute approximate surface area is 139 Å². The molecule has 3 aliphatic rings. The molecule has 1 amide bonds. The Balaban J connectivity index is 1.27. The maximum absolute atomic E-state index is 12.3. The second-order valence-corrected chi connectivity index (χ2v) is 7.87. The Morgan fingerprint density at radius 2 is 1.87 bits per heavy atom. The molecule has 2 saturated carbocycles. The number of carbonyl (C=O) groups excluding carboxylic acids is 1. The van der Waals surface area contributed by atoms with Crippen LogP contribution in [0.15, 0.2) is 24.3 Å². The predicted molar refractivity (Wildman–Crippen MR) is 93.1 cm³/mol. The molecule has 0 radical (unpaired) electrons. The molecule has 3 atom stereocenters. The summed E-state index contributed by atoms with van der Waals surface area (Å²) in [5, 5.41) is 3.10. The van der Waals surface area contributed by atoms with E-state index in [0.29, 0.717) is 5.92 Å². The Hall–Kier alpha value is -1.35. The largest absolute Gasteiger partial charge is 0.326 e. The van der Waals surface area contributed by atoms with E-state index < -0.39 is 0 Å². The molecule has 1 saturated heterocycles. The van der Waals surface area contributed by atoms with E-state index in [2.05, 4.69) is 34.5 Å².